The fourth-order valence-corrected chi connectivity index (χ4v) is 1.54. The van der Waals surface area contributed by atoms with Gasteiger partial charge in [-0.2, -0.15) is 13.2 Å². The van der Waals surface area contributed by atoms with Crippen LogP contribution in [-0.4, -0.2) is 9.97 Å². The first-order chi connectivity index (χ1) is 7.97. The molecule has 0 N–H and O–H groups in total. The maximum absolute atomic E-state index is 12.6. The molecule has 0 aliphatic carbocycles. The Labute approximate surface area is 100 Å². The van der Waals surface area contributed by atoms with Crippen LogP contribution in [-0.2, 0) is 6.18 Å². The summed E-state index contributed by atoms with van der Waals surface area (Å²) < 4.78 is 37.7. The molecule has 17 heavy (non-hydrogen) atoms. The molecule has 2 aromatic rings. The molecule has 0 aliphatic rings. The Bertz CT molecular complexity index is 526. The van der Waals surface area contributed by atoms with Crippen LogP contribution >= 0.6 is 11.6 Å². The number of halogens is 4. The van der Waals surface area contributed by atoms with Gasteiger partial charge in [0.2, 0.25) is 0 Å². The molecule has 0 bridgehead atoms. The van der Waals surface area contributed by atoms with Gasteiger partial charge in [0.25, 0.3) is 0 Å². The van der Waals surface area contributed by atoms with Crippen molar-refractivity contribution in [3.63, 3.8) is 0 Å². The quantitative estimate of drug-likeness (QED) is 0.727. The molecule has 2 nitrogen and oxygen atoms in total. The highest BCUT2D eigenvalue weighted by molar-refractivity contribution is 6.29. The van der Waals surface area contributed by atoms with Crippen LogP contribution in [0.15, 0.2) is 36.7 Å². The molecule has 0 amide bonds. The van der Waals surface area contributed by atoms with Gasteiger partial charge in [0, 0.05) is 18.0 Å². The number of hydrogen-bond acceptors (Lipinski definition) is 2. The number of alkyl halides is 3. The summed E-state index contributed by atoms with van der Waals surface area (Å²) in [5.74, 6) is 0. The van der Waals surface area contributed by atoms with Gasteiger partial charge in [0.05, 0.1) is 11.3 Å². The lowest BCUT2D eigenvalue weighted by Crippen LogP contribution is -2.05. The zero-order valence-electron chi connectivity index (χ0n) is 8.37. The molecule has 6 heteroatoms. The first-order valence-corrected chi connectivity index (χ1v) is 5.00. The lowest BCUT2D eigenvalue weighted by Gasteiger charge is -2.09. The van der Waals surface area contributed by atoms with Crippen LogP contribution in [0.25, 0.3) is 11.3 Å². The van der Waals surface area contributed by atoms with Gasteiger partial charge in [0.15, 0.2) is 0 Å². The number of rotatable bonds is 1. The smallest absolute Gasteiger partial charge is 0.265 e. The molecular formula is C11H6ClF3N2. The molecule has 0 fully saturated rings. The molecule has 0 spiro atoms. The Hall–Kier alpha value is -1.62. The number of hydrogen-bond donors (Lipinski definition) is 0. The molecular weight excluding hydrogens is 253 g/mol. The molecule has 88 valence electrons. The maximum atomic E-state index is 12.6. The zero-order valence-corrected chi connectivity index (χ0v) is 9.13. The summed E-state index contributed by atoms with van der Waals surface area (Å²) in [6, 6.07) is 4.89. The van der Waals surface area contributed by atoms with Crippen LogP contribution in [0.3, 0.4) is 0 Å². The van der Waals surface area contributed by atoms with Crippen molar-refractivity contribution in [3.8, 4) is 11.3 Å². The Balaban J connectivity index is 2.54. The Kier molecular flexibility index (Phi) is 3.02. The van der Waals surface area contributed by atoms with Crippen molar-refractivity contribution in [2.24, 2.45) is 0 Å². The van der Waals surface area contributed by atoms with Crippen molar-refractivity contribution >= 4 is 11.6 Å². The van der Waals surface area contributed by atoms with E-state index in [0.29, 0.717) is 5.56 Å². The molecule has 0 saturated heterocycles. The van der Waals surface area contributed by atoms with E-state index in [4.69, 9.17) is 11.6 Å². The van der Waals surface area contributed by atoms with E-state index in [1.165, 1.54) is 12.4 Å². The molecule has 0 unspecified atom stereocenters. The van der Waals surface area contributed by atoms with Crippen LogP contribution < -0.4 is 0 Å². The second-order valence-electron chi connectivity index (χ2n) is 3.30. The van der Waals surface area contributed by atoms with Crippen molar-refractivity contribution in [2.45, 2.75) is 6.18 Å². The molecule has 2 rings (SSSR count). The topological polar surface area (TPSA) is 25.8 Å². The fourth-order valence-electron chi connectivity index (χ4n) is 1.33. The van der Waals surface area contributed by atoms with Gasteiger partial charge in [-0.1, -0.05) is 11.6 Å². The molecule has 0 radical (unpaired) electrons. The molecule has 0 saturated carbocycles. The van der Waals surface area contributed by atoms with E-state index in [1.54, 1.807) is 12.1 Å². The Morgan fingerprint density at radius 3 is 2.29 bits per heavy atom. The van der Waals surface area contributed by atoms with Crippen LogP contribution in [0.5, 0.6) is 0 Å². The largest absolute Gasteiger partial charge is 0.416 e. The minimum Gasteiger partial charge on any atom is -0.265 e. The maximum Gasteiger partial charge on any atom is 0.416 e. The lowest BCUT2D eigenvalue weighted by molar-refractivity contribution is -0.137. The minimum absolute atomic E-state index is 0.173. The van der Waals surface area contributed by atoms with Crippen molar-refractivity contribution < 1.29 is 13.2 Å². The minimum atomic E-state index is -4.44. The third-order valence-electron chi connectivity index (χ3n) is 2.10. The second-order valence-corrected chi connectivity index (χ2v) is 3.68. The summed E-state index contributed by atoms with van der Waals surface area (Å²) >= 11 is 5.58. The summed E-state index contributed by atoms with van der Waals surface area (Å²) in [6.07, 6.45) is -1.48. The third-order valence-corrected chi connectivity index (χ3v) is 2.29. The summed E-state index contributed by atoms with van der Waals surface area (Å²) in [7, 11) is 0. The Morgan fingerprint density at radius 2 is 1.71 bits per heavy atom. The van der Waals surface area contributed by atoms with Gasteiger partial charge in [-0.05, 0) is 24.3 Å². The second kappa shape index (κ2) is 4.33. The fraction of sp³-hybridized carbons (Fsp3) is 0.0909. The first-order valence-electron chi connectivity index (χ1n) is 4.62. The molecule has 0 aromatic carbocycles. The molecule has 2 aromatic heterocycles. The predicted molar refractivity (Wildman–Crippen MR) is 57.5 cm³/mol. The zero-order chi connectivity index (χ0) is 12.5. The van der Waals surface area contributed by atoms with Gasteiger partial charge < -0.3 is 0 Å². The third kappa shape index (κ3) is 2.74. The molecule has 0 aliphatic heterocycles. The van der Waals surface area contributed by atoms with Crippen LogP contribution in [0, 0.1) is 0 Å². The summed E-state index contributed by atoms with van der Waals surface area (Å²) in [5, 5.41) is -0.188. The van der Waals surface area contributed by atoms with Crippen LogP contribution in [0.1, 0.15) is 5.56 Å². The number of nitrogens with zero attached hydrogens (tertiary/aromatic N) is 2. The van der Waals surface area contributed by atoms with Gasteiger partial charge in [-0.3, -0.25) is 4.98 Å². The van der Waals surface area contributed by atoms with E-state index < -0.39 is 11.7 Å². The lowest BCUT2D eigenvalue weighted by atomic mass is 10.1. The highest BCUT2D eigenvalue weighted by Crippen LogP contribution is 2.32. The first kappa shape index (κ1) is 11.9. The Morgan fingerprint density at radius 1 is 1.06 bits per heavy atom. The van der Waals surface area contributed by atoms with Crippen molar-refractivity contribution in [3.05, 3.63) is 47.4 Å². The van der Waals surface area contributed by atoms with Crippen LogP contribution in [0.4, 0.5) is 13.2 Å². The van der Waals surface area contributed by atoms with E-state index in [2.05, 4.69) is 9.97 Å². The van der Waals surface area contributed by atoms with Crippen molar-refractivity contribution in [1.82, 2.24) is 9.97 Å². The standard InChI is InChI=1S/C11H6ClF3N2/c12-10-6-8(11(13,14)15)5-9(17-10)7-1-3-16-4-2-7/h1-6H. The predicted octanol–water partition coefficient (Wildman–Crippen LogP) is 3.82. The van der Waals surface area contributed by atoms with Gasteiger partial charge in [0.1, 0.15) is 5.15 Å². The van der Waals surface area contributed by atoms with Crippen molar-refractivity contribution in [2.75, 3.05) is 0 Å². The average Bonchev–Trinajstić information content (AvgIpc) is 2.28. The van der Waals surface area contributed by atoms with E-state index in [1.807, 2.05) is 0 Å². The van der Waals surface area contributed by atoms with E-state index in [9.17, 15) is 13.2 Å². The van der Waals surface area contributed by atoms with E-state index in [-0.39, 0.29) is 10.8 Å². The van der Waals surface area contributed by atoms with E-state index >= 15 is 0 Å². The van der Waals surface area contributed by atoms with Crippen molar-refractivity contribution in [1.29, 1.82) is 0 Å². The van der Waals surface area contributed by atoms with E-state index in [0.717, 1.165) is 12.1 Å². The summed E-state index contributed by atoms with van der Waals surface area (Å²) in [5.41, 5.74) is -0.107. The summed E-state index contributed by atoms with van der Waals surface area (Å²) in [4.78, 5) is 7.64. The summed E-state index contributed by atoms with van der Waals surface area (Å²) in [6.45, 7) is 0. The monoisotopic (exact) mass is 258 g/mol. The highest BCUT2D eigenvalue weighted by Gasteiger charge is 2.31. The van der Waals surface area contributed by atoms with Gasteiger partial charge in [-0.25, -0.2) is 4.98 Å². The van der Waals surface area contributed by atoms with Gasteiger partial charge >= 0.3 is 6.18 Å². The van der Waals surface area contributed by atoms with Gasteiger partial charge in [-0.15, -0.1) is 0 Å². The average molecular weight is 259 g/mol. The highest BCUT2D eigenvalue weighted by atomic mass is 35.5. The molecule has 2 heterocycles. The SMILES string of the molecule is FC(F)(F)c1cc(Cl)nc(-c2ccncc2)c1. The number of aromatic nitrogens is 2. The molecule has 0 atom stereocenters. The number of pyridine rings is 2. The normalized spacial score (nSPS) is 11.5. The van der Waals surface area contributed by atoms with Crippen LogP contribution in [0.2, 0.25) is 5.15 Å².